The molecule has 0 spiro atoms. The average Bonchev–Trinajstić information content (AvgIpc) is 2.17. The van der Waals surface area contributed by atoms with Crippen LogP contribution in [0.1, 0.15) is 23.6 Å². The number of allylic oxidation sites excluding steroid dienone is 3. The van der Waals surface area contributed by atoms with Gasteiger partial charge < -0.3 is 0 Å². The summed E-state index contributed by atoms with van der Waals surface area (Å²) in [6, 6.07) is 4.00. The Morgan fingerprint density at radius 3 is 2.31 bits per heavy atom. The van der Waals surface area contributed by atoms with Crippen molar-refractivity contribution in [1.29, 1.82) is 0 Å². The predicted molar refractivity (Wildman–Crippen MR) is 60.0 cm³/mol. The fourth-order valence-electron chi connectivity index (χ4n) is 1.52. The highest BCUT2D eigenvalue weighted by atomic mass is 19.4. The van der Waals surface area contributed by atoms with Gasteiger partial charge in [0.05, 0.1) is 5.56 Å². The molecule has 1 aromatic rings. The zero-order valence-electron chi connectivity index (χ0n) is 9.23. The summed E-state index contributed by atoms with van der Waals surface area (Å²) in [5.41, 5.74) is 1.22. The number of halogens is 3. The van der Waals surface area contributed by atoms with Gasteiger partial charge in [0.15, 0.2) is 0 Å². The van der Waals surface area contributed by atoms with Crippen LogP contribution in [0.3, 0.4) is 0 Å². The van der Waals surface area contributed by atoms with E-state index in [1.807, 2.05) is 0 Å². The average molecular weight is 226 g/mol. The van der Waals surface area contributed by atoms with Gasteiger partial charge in [0.25, 0.3) is 0 Å². The number of aryl methyl sites for hydroxylation is 1. The van der Waals surface area contributed by atoms with Gasteiger partial charge in [0.1, 0.15) is 0 Å². The van der Waals surface area contributed by atoms with E-state index in [9.17, 15) is 13.2 Å². The first kappa shape index (κ1) is 12.6. The van der Waals surface area contributed by atoms with Crippen molar-refractivity contribution in [2.24, 2.45) is 0 Å². The van der Waals surface area contributed by atoms with Crippen molar-refractivity contribution in [3.8, 4) is 0 Å². The van der Waals surface area contributed by atoms with E-state index in [1.54, 1.807) is 32.1 Å². The van der Waals surface area contributed by atoms with Gasteiger partial charge in [-0.2, -0.15) is 13.2 Å². The minimum Gasteiger partial charge on any atom is -0.166 e. The Kier molecular flexibility index (Phi) is 3.58. The van der Waals surface area contributed by atoms with Crippen molar-refractivity contribution in [1.82, 2.24) is 0 Å². The molecular formula is C13H13F3. The van der Waals surface area contributed by atoms with Crippen LogP contribution in [0.5, 0.6) is 0 Å². The quantitative estimate of drug-likeness (QED) is 0.646. The Labute approximate surface area is 93.1 Å². The molecule has 0 nitrogen and oxygen atoms in total. The van der Waals surface area contributed by atoms with Crippen molar-refractivity contribution in [3.05, 3.63) is 53.6 Å². The minimum absolute atomic E-state index is 0.546. The van der Waals surface area contributed by atoms with Gasteiger partial charge in [-0.25, -0.2) is 0 Å². The summed E-state index contributed by atoms with van der Waals surface area (Å²) in [5, 5.41) is 0. The van der Waals surface area contributed by atoms with Gasteiger partial charge in [-0.15, -0.1) is 0 Å². The summed E-state index contributed by atoms with van der Waals surface area (Å²) in [4.78, 5) is 0. The fourth-order valence-corrected chi connectivity index (χ4v) is 1.52. The highest BCUT2D eigenvalue weighted by Crippen LogP contribution is 2.32. The number of hydrogen-bond donors (Lipinski definition) is 0. The van der Waals surface area contributed by atoms with Gasteiger partial charge in [0.2, 0.25) is 0 Å². The highest BCUT2D eigenvalue weighted by Gasteiger charge is 2.30. The second-order valence-electron chi connectivity index (χ2n) is 3.53. The minimum atomic E-state index is -4.30. The first-order valence-corrected chi connectivity index (χ1v) is 4.86. The molecule has 0 atom stereocenters. The van der Waals surface area contributed by atoms with Crippen LogP contribution in [0.4, 0.5) is 13.2 Å². The standard InChI is InChI=1S/C13H13F3/c1-4-10(5-2)11-6-9(3)7-12(8-11)13(14,15)16/h4-8H,1H2,2-3H3/b10-5+. The van der Waals surface area contributed by atoms with Crippen molar-refractivity contribution < 1.29 is 13.2 Å². The molecule has 0 heterocycles. The van der Waals surface area contributed by atoms with Crippen molar-refractivity contribution in [2.75, 3.05) is 0 Å². The van der Waals surface area contributed by atoms with E-state index in [1.165, 1.54) is 0 Å². The SMILES string of the molecule is C=C/C(=C\C)c1cc(C)cc(C(F)(F)F)c1. The lowest BCUT2D eigenvalue weighted by Gasteiger charge is -2.11. The molecule has 3 heteroatoms. The molecule has 0 saturated heterocycles. The molecule has 0 aliphatic rings. The first-order valence-electron chi connectivity index (χ1n) is 4.86. The van der Waals surface area contributed by atoms with E-state index < -0.39 is 11.7 Å². The highest BCUT2D eigenvalue weighted by molar-refractivity contribution is 5.74. The number of hydrogen-bond acceptors (Lipinski definition) is 0. The number of rotatable bonds is 2. The van der Waals surface area contributed by atoms with Gasteiger partial charge in [-0.3, -0.25) is 0 Å². The molecular weight excluding hydrogens is 213 g/mol. The second-order valence-corrected chi connectivity index (χ2v) is 3.53. The van der Waals surface area contributed by atoms with Crippen molar-refractivity contribution in [3.63, 3.8) is 0 Å². The molecule has 1 aromatic carbocycles. The van der Waals surface area contributed by atoms with E-state index in [-0.39, 0.29) is 0 Å². The van der Waals surface area contributed by atoms with Gasteiger partial charge in [0, 0.05) is 0 Å². The maximum atomic E-state index is 12.6. The first-order chi connectivity index (χ1) is 7.38. The van der Waals surface area contributed by atoms with Crippen LogP contribution in [0.2, 0.25) is 0 Å². The number of benzene rings is 1. The maximum absolute atomic E-state index is 12.6. The van der Waals surface area contributed by atoms with E-state index in [0.717, 1.165) is 12.1 Å². The summed E-state index contributed by atoms with van der Waals surface area (Å²) in [6.07, 6.45) is -1.02. The van der Waals surface area contributed by atoms with Crippen molar-refractivity contribution in [2.45, 2.75) is 20.0 Å². The summed E-state index contributed by atoms with van der Waals surface area (Å²) >= 11 is 0. The molecule has 0 amide bonds. The van der Waals surface area contributed by atoms with Crippen LogP contribution in [-0.4, -0.2) is 0 Å². The van der Waals surface area contributed by atoms with Gasteiger partial charge in [-0.05, 0) is 42.7 Å². The molecule has 0 aliphatic carbocycles. The van der Waals surface area contributed by atoms with Crippen LogP contribution in [-0.2, 0) is 6.18 Å². The molecule has 0 aliphatic heterocycles. The van der Waals surface area contributed by atoms with Crippen LogP contribution >= 0.6 is 0 Å². The molecule has 0 fully saturated rings. The Morgan fingerprint density at radius 1 is 1.25 bits per heavy atom. The molecule has 0 saturated carbocycles. The second kappa shape index (κ2) is 4.56. The Bertz CT molecular complexity index is 425. The van der Waals surface area contributed by atoms with E-state index >= 15 is 0 Å². The summed E-state index contributed by atoms with van der Waals surface area (Å²) in [6.45, 7) is 7.00. The molecule has 1 rings (SSSR count). The predicted octanol–water partition coefficient (Wildman–Crippen LogP) is 4.60. The smallest absolute Gasteiger partial charge is 0.166 e. The molecule has 16 heavy (non-hydrogen) atoms. The van der Waals surface area contributed by atoms with Crippen LogP contribution < -0.4 is 0 Å². The monoisotopic (exact) mass is 226 g/mol. The Hall–Kier alpha value is -1.51. The maximum Gasteiger partial charge on any atom is 0.416 e. The normalized spacial score (nSPS) is 12.7. The van der Waals surface area contributed by atoms with Crippen LogP contribution in [0, 0.1) is 6.92 Å². The zero-order valence-corrected chi connectivity index (χ0v) is 9.23. The molecule has 0 N–H and O–H groups in total. The van der Waals surface area contributed by atoms with Gasteiger partial charge in [-0.1, -0.05) is 24.8 Å². The molecule has 0 unspecified atom stereocenters. The summed E-state index contributed by atoms with van der Waals surface area (Å²) in [7, 11) is 0. The third-order valence-corrected chi connectivity index (χ3v) is 2.27. The van der Waals surface area contributed by atoms with Crippen LogP contribution in [0.25, 0.3) is 5.57 Å². The van der Waals surface area contributed by atoms with Crippen LogP contribution in [0.15, 0.2) is 36.9 Å². The largest absolute Gasteiger partial charge is 0.416 e. The third-order valence-electron chi connectivity index (χ3n) is 2.27. The lowest BCUT2D eigenvalue weighted by atomic mass is 10.00. The van der Waals surface area contributed by atoms with Gasteiger partial charge >= 0.3 is 6.18 Å². The zero-order chi connectivity index (χ0) is 12.3. The molecule has 0 aromatic heterocycles. The Morgan fingerprint density at radius 2 is 1.88 bits per heavy atom. The lowest BCUT2D eigenvalue weighted by molar-refractivity contribution is -0.137. The molecule has 0 radical (unpaired) electrons. The topological polar surface area (TPSA) is 0 Å². The summed E-state index contributed by atoms with van der Waals surface area (Å²) < 4.78 is 37.7. The lowest BCUT2D eigenvalue weighted by Crippen LogP contribution is -2.05. The summed E-state index contributed by atoms with van der Waals surface area (Å²) in [5.74, 6) is 0. The molecule has 86 valence electrons. The molecule has 0 bridgehead atoms. The van der Waals surface area contributed by atoms with E-state index in [2.05, 4.69) is 6.58 Å². The van der Waals surface area contributed by atoms with Crippen molar-refractivity contribution >= 4 is 5.57 Å². The Balaban J connectivity index is 3.34. The van der Waals surface area contributed by atoms with E-state index in [0.29, 0.717) is 16.7 Å². The van der Waals surface area contributed by atoms with E-state index in [4.69, 9.17) is 0 Å². The third kappa shape index (κ3) is 2.75. The number of alkyl halides is 3. The fraction of sp³-hybridized carbons (Fsp3) is 0.231.